The van der Waals surface area contributed by atoms with Crippen LogP contribution in [0.25, 0.3) is 5.57 Å². The van der Waals surface area contributed by atoms with E-state index in [2.05, 4.69) is 13.0 Å². The molecule has 1 fully saturated rings. The Morgan fingerprint density at radius 1 is 1.17 bits per heavy atom. The summed E-state index contributed by atoms with van der Waals surface area (Å²) in [4.78, 5) is 0. The summed E-state index contributed by atoms with van der Waals surface area (Å²) in [6, 6.07) is 8.08. The molecule has 2 heterocycles. The lowest BCUT2D eigenvalue weighted by atomic mass is 9.84. The molecule has 3 rings (SSSR count). The molecule has 4 nitrogen and oxygen atoms in total. The van der Waals surface area contributed by atoms with Crippen molar-refractivity contribution in [3.63, 3.8) is 0 Å². The van der Waals surface area contributed by atoms with Crippen molar-refractivity contribution in [1.29, 1.82) is 0 Å². The molecule has 1 aromatic rings. The summed E-state index contributed by atoms with van der Waals surface area (Å²) in [6.45, 7) is 9.62. The average molecular weight is 336 g/mol. The molecule has 0 bridgehead atoms. The van der Waals surface area contributed by atoms with E-state index < -0.39 is 13.2 Å². The predicted octanol–water partition coefficient (Wildman–Crippen LogP) is 4.99. The van der Waals surface area contributed by atoms with E-state index >= 15 is 0 Å². The Labute approximate surface area is 138 Å². The molecule has 1 aromatic carbocycles. The molecule has 2 aliphatic rings. The molecule has 0 radical (unpaired) electrons. The number of ether oxygens (including phenoxy) is 1. The lowest BCUT2D eigenvalue weighted by molar-refractivity contribution is -0.00829. The number of benzene rings is 1. The number of rotatable bonds is 2. The first-order valence-corrected chi connectivity index (χ1v) is 9.73. The molecule has 1 atom stereocenters. The molecule has 126 valence electrons. The Hall–Kier alpha value is -0.930. The molecule has 2 aliphatic heterocycles. The molecule has 0 spiro atoms. The first kappa shape index (κ1) is 16.9. The van der Waals surface area contributed by atoms with Crippen LogP contribution in [0, 0.1) is 5.41 Å². The standard InChI is InChI=1S/C18H25O4P/c1-5-18(4)16(15-9-7-6-8-14(15)10-20-18)11-23(19)21-12-17(2,3)13-22-23/h6-9,11H,5,10,12-13H2,1-4H3/b16-11+. The summed E-state index contributed by atoms with van der Waals surface area (Å²) in [5, 5.41) is 0. The Morgan fingerprint density at radius 3 is 2.48 bits per heavy atom. The van der Waals surface area contributed by atoms with Gasteiger partial charge in [-0.2, -0.15) is 0 Å². The minimum Gasteiger partial charge on any atom is -0.366 e. The zero-order chi connectivity index (χ0) is 16.7. The molecule has 23 heavy (non-hydrogen) atoms. The third-order valence-corrected chi connectivity index (χ3v) is 6.21. The van der Waals surface area contributed by atoms with Crippen LogP contribution in [0.3, 0.4) is 0 Å². The van der Waals surface area contributed by atoms with Crippen molar-refractivity contribution in [1.82, 2.24) is 0 Å². The van der Waals surface area contributed by atoms with E-state index in [1.807, 2.05) is 39.0 Å². The summed E-state index contributed by atoms with van der Waals surface area (Å²) in [5.41, 5.74) is 2.50. The van der Waals surface area contributed by atoms with Crippen LogP contribution in [-0.2, 0) is 25.0 Å². The highest BCUT2D eigenvalue weighted by atomic mass is 31.2. The molecular weight excluding hydrogens is 311 g/mol. The normalized spacial score (nSPS) is 30.9. The third-order valence-electron chi connectivity index (χ3n) is 4.66. The van der Waals surface area contributed by atoms with Gasteiger partial charge in [0.05, 0.1) is 25.4 Å². The Morgan fingerprint density at radius 2 is 1.83 bits per heavy atom. The molecular formula is C18H25O4P. The molecule has 0 aliphatic carbocycles. The fraction of sp³-hybridized carbons (Fsp3) is 0.556. The van der Waals surface area contributed by atoms with Gasteiger partial charge in [-0.3, -0.25) is 4.57 Å². The highest BCUT2D eigenvalue weighted by Crippen LogP contribution is 2.58. The fourth-order valence-corrected chi connectivity index (χ4v) is 4.86. The maximum Gasteiger partial charge on any atom is 0.354 e. The van der Waals surface area contributed by atoms with Crippen molar-refractivity contribution in [3.05, 3.63) is 41.2 Å². The average Bonchev–Trinajstić information content (AvgIpc) is 2.54. The fourth-order valence-electron chi connectivity index (χ4n) is 2.85. The number of fused-ring (bicyclic) bond motifs is 1. The SMILES string of the molecule is CCC1(C)OCc2ccccc2/C1=C\P1(=O)OCC(C)(C)CO1. The van der Waals surface area contributed by atoms with Gasteiger partial charge >= 0.3 is 7.60 Å². The van der Waals surface area contributed by atoms with Crippen LogP contribution in [-0.4, -0.2) is 18.8 Å². The van der Waals surface area contributed by atoms with Gasteiger partial charge in [-0.05, 0) is 30.0 Å². The Balaban J connectivity index is 2.03. The molecule has 0 aromatic heterocycles. The summed E-state index contributed by atoms with van der Waals surface area (Å²) in [6.07, 6.45) is 0.790. The monoisotopic (exact) mass is 336 g/mol. The van der Waals surface area contributed by atoms with Crippen LogP contribution in [0.2, 0.25) is 0 Å². The van der Waals surface area contributed by atoms with Crippen molar-refractivity contribution >= 4 is 13.2 Å². The molecule has 0 N–H and O–H groups in total. The Bertz CT molecular complexity index is 665. The largest absolute Gasteiger partial charge is 0.366 e. The smallest absolute Gasteiger partial charge is 0.354 e. The van der Waals surface area contributed by atoms with Gasteiger partial charge in [0.2, 0.25) is 0 Å². The van der Waals surface area contributed by atoms with Crippen molar-refractivity contribution < 1.29 is 18.3 Å². The maximum atomic E-state index is 13.0. The minimum atomic E-state index is -3.25. The second-order valence-electron chi connectivity index (χ2n) is 7.32. The van der Waals surface area contributed by atoms with Crippen LogP contribution >= 0.6 is 7.60 Å². The van der Waals surface area contributed by atoms with E-state index in [4.69, 9.17) is 13.8 Å². The summed E-state index contributed by atoms with van der Waals surface area (Å²) >= 11 is 0. The number of hydrogen-bond donors (Lipinski definition) is 0. The van der Waals surface area contributed by atoms with Gasteiger partial charge in [-0.1, -0.05) is 45.0 Å². The van der Waals surface area contributed by atoms with E-state index in [-0.39, 0.29) is 5.41 Å². The highest BCUT2D eigenvalue weighted by Gasteiger charge is 2.40. The maximum absolute atomic E-state index is 13.0. The van der Waals surface area contributed by atoms with Crippen molar-refractivity contribution in [2.45, 2.75) is 46.3 Å². The van der Waals surface area contributed by atoms with Crippen LogP contribution < -0.4 is 0 Å². The molecule has 1 saturated heterocycles. The van der Waals surface area contributed by atoms with E-state index in [9.17, 15) is 4.57 Å². The minimum absolute atomic E-state index is 0.110. The van der Waals surface area contributed by atoms with Crippen LogP contribution in [0.1, 0.15) is 45.2 Å². The third kappa shape index (κ3) is 3.32. The summed E-state index contributed by atoms with van der Waals surface area (Å²) in [5.74, 6) is 1.68. The summed E-state index contributed by atoms with van der Waals surface area (Å²) < 4.78 is 30.4. The zero-order valence-electron chi connectivity index (χ0n) is 14.3. The Kier molecular flexibility index (Phi) is 4.31. The zero-order valence-corrected chi connectivity index (χ0v) is 15.2. The van der Waals surface area contributed by atoms with Crippen molar-refractivity contribution in [2.24, 2.45) is 5.41 Å². The van der Waals surface area contributed by atoms with Gasteiger partial charge < -0.3 is 13.8 Å². The first-order chi connectivity index (χ1) is 10.8. The van der Waals surface area contributed by atoms with E-state index in [1.54, 1.807) is 5.82 Å². The summed E-state index contributed by atoms with van der Waals surface area (Å²) in [7, 11) is -3.25. The van der Waals surface area contributed by atoms with Gasteiger partial charge in [-0.25, -0.2) is 0 Å². The lowest BCUT2D eigenvalue weighted by Crippen LogP contribution is -2.34. The van der Waals surface area contributed by atoms with Crippen LogP contribution in [0.4, 0.5) is 0 Å². The van der Waals surface area contributed by atoms with Crippen LogP contribution in [0.15, 0.2) is 30.1 Å². The van der Waals surface area contributed by atoms with Gasteiger partial charge in [0.15, 0.2) is 0 Å². The quantitative estimate of drug-likeness (QED) is 0.714. The second kappa shape index (κ2) is 5.86. The van der Waals surface area contributed by atoms with Gasteiger partial charge in [0, 0.05) is 11.2 Å². The molecule has 0 amide bonds. The topological polar surface area (TPSA) is 44.8 Å². The lowest BCUT2D eigenvalue weighted by Gasteiger charge is -2.39. The van der Waals surface area contributed by atoms with E-state index in [1.165, 1.54) is 0 Å². The molecule has 1 unspecified atom stereocenters. The molecule has 5 heteroatoms. The van der Waals surface area contributed by atoms with Crippen LogP contribution in [0.5, 0.6) is 0 Å². The highest BCUT2D eigenvalue weighted by molar-refractivity contribution is 7.57. The van der Waals surface area contributed by atoms with Crippen molar-refractivity contribution in [2.75, 3.05) is 13.2 Å². The van der Waals surface area contributed by atoms with E-state index in [0.717, 1.165) is 23.1 Å². The molecule has 0 saturated carbocycles. The van der Waals surface area contributed by atoms with Gasteiger partial charge in [0.25, 0.3) is 0 Å². The predicted molar refractivity (Wildman–Crippen MR) is 91.2 cm³/mol. The van der Waals surface area contributed by atoms with Gasteiger partial charge in [0.1, 0.15) is 0 Å². The first-order valence-electron chi connectivity index (χ1n) is 8.11. The van der Waals surface area contributed by atoms with Crippen molar-refractivity contribution in [3.8, 4) is 0 Å². The van der Waals surface area contributed by atoms with E-state index in [0.29, 0.717) is 19.8 Å². The second-order valence-corrected chi connectivity index (χ2v) is 9.18. The number of hydrogen-bond acceptors (Lipinski definition) is 4. The van der Waals surface area contributed by atoms with Gasteiger partial charge in [-0.15, -0.1) is 0 Å².